The summed E-state index contributed by atoms with van der Waals surface area (Å²) in [4.78, 5) is 24.9. The number of nitrogens with one attached hydrogen (secondary N) is 2. The highest BCUT2D eigenvalue weighted by Crippen LogP contribution is 2.10. The minimum atomic E-state index is -0.876. The number of nitrogens with zero attached hydrogens (tertiary/aromatic N) is 1. The van der Waals surface area contributed by atoms with Gasteiger partial charge in [-0.05, 0) is 27.2 Å². The van der Waals surface area contributed by atoms with Crippen molar-refractivity contribution in [3.05, 3.63) is 0 Å². The SMILES string of the molecule is CCNC(=O)N1CCC(NC(=O)C(C)(C)N)C1. The van der Waals surface area contributed by atoms with Gasteiger partial charge in [0.2, 0.25) is 5.91 Å². The van der Waals surface area contributed by atoms with Crippen molar-refractivity contribution in [1.82, 2.24) is 15.5 Å². The summed E-state index contributed by atoms with van der Waals surface area (Å²) in [6.45, 7) is 7.04. The smallest absolute Gasteiger partial charge is 0.317 e. The van der Waals surface area contributed by atoms with Crippen LogP contribution in [-0.4, -0.2) is 48.1 Å². The van der Waals surface area contributed by atoms with Crippen LogP contribution in [0.3, 0.4) is 0 Å². The predicted octanol–water partition coefficient (Wildman–Crippen LogP) is -0.356. The van der Waals surface area contributed by atoms with Crippen LogP contribution in [0.1, 0.15) is 27.2 Å². The van der Waals surface area contributed by atoms with Crippen LogP contribution in [-0.2, 0) is 4.79 Å². The Morgan fingerprint density at radius 2 is 2.12 bits per heavy atom. The molecule has 1 aliphatic heterocycles. The van der Waals surface area contributed by atoms with Crippen molar-refractivity contribution >= 4 is 11.9 Å². The van der Waals surface area contributed by atoms with Crippen LogP contribution in [0.25, 0.3) is 0 Å². The molecule has 6 nitrogen and oxygen atoms in total. The second kappa shape index (κ2) is 5.35. The molecular weight excluding hydrogens is 220 g/mol. The lowest BCUT2D eigenvalue weighted by molar-refractivity contribution is -0.125. The van der Waals surface area contributed by atoms with Crippen molar-refractivity contribution in [2.75, 3.05) is 19.6 Å². The zero-order valence-electron chi connectivity index (χ0n) is 10.7. The van der Waals surface area contributed by atoms with E-state index in [9.17, 15) is 9.59 Å². The summed E-state index contributed by atoms with van der Waals surface area (Å²) in [5, 5.41) is 5.60. The van der Waals surface area contributed by atoms with Crippen molar-refractivity contribution < 1.29 is 9.59 Å². The lowest BCUT2D eigenvalue weighted by Gasteiger charge is -2.22. The van der Waals surface area contributed by atoms with Gasteiger partial charge in [0, 0.05) is 25.7 Å². The molecule has 0 aliphatic carbocycles. The van der Waals surface area contributed by atoms with Gasteiger partial charge >= 0.3 is 6.03 Å². The third-order valence-corrected chi connectivity index (χ3v) is 2.72. The van der Waals surface area contributed by atoms with E-state index in [1.807, 2.05) is 6.92 Å². The first-order chi connectivity index (χ1) is 7.84. The second-order valence-corrected chi connectivity index (χ2v) is 4.96. The summed E-state index contributed by atoms with van der Waals surface area (Å²) in [6.07, 6.45) is 0.777. The molecule has 4 N–H and O–H groups in total. The van der Waals surface area contributed by atoms with E-state index in [1.165, 1.54) is 0 Å². The van der Waals surface area contributed by atoms with E-state index in [4.69, 9.17) is 5.73 Å². The Morgan fingerprint density at radius 1 is 1.47 bits per heavy atom. The van der Waals surface area contributed by atoms with E-state index in [2.05, 4.69) is 10.6 Å². The minimum Gasteiger partial charge on any atom is -0.350 e. The highest BCUT2D eigenvalue weighted by atomic mass is 16.2. The maximum atomic E-state index is 11.7. The molecule has 0 spiro atoms. The average molecular weight is 242 g/mol. The summed E-state index contributed by atoms with van der Waals surface area (Å²) in [6, 6.07) is -0.0656. The maximum absolute atomic E-state index is 11.7. The Kier molecular flexibility index (Phi) is 4.34. The fraction of sp³-hybridized carbons (Fsp3) is 0.818. The van der Waals surface area contributed by atoms with Crippen molar-refractivity contribution in [2.45, 2.75) is 38.8 Å². The molecule has 6 heteroatoms. The van der Waals surface area contributed by atoms with Gasteiger partial charge in [-0.3, -0.25) is 4.79 Å². The molecule has 1 heterocycles. The van der Waals surface area contributed by atoms with E-state index in [0.29, 0.717) is 19.6 Å². The van der Waals surface area contributed by atoms with Crippen molar-refractivity contribution in [3.63, 3.8) is 0 Å². The van der Waals surface area contributed by atoms with Gasteiger partial charge in [-0.1, -0.05) is 0 Å². The van der Waals surface area contributed by atoms with Gasteiger partial charge in [-0.2, -0.15) is 0 Å². The van der Waals surface area contributed by atoms with E-state index in [1.54, 1.807) is 18.7 Å². The van der Waals surface area contributed by atoms with Crippen LogP contribution in [0.5, 0.6) is 0 Å². The van der Waals surface area contributed by atoms with Crippen molar-refractivity contribution in [3.8, 4) is 0 Å². The molecule has 0 bridgehead atoms. The summed E-state index contributed by atoms with van der Waals surface area (Å²) in [5.41, 5.74) is 4.82. The number of hydrogen-bond acceptors (Lipinski definition) is 3. The minimum absolute atomic E-state index is 0.00734. The summed E-state index contributed by atoms with van der Waals surface area (Å²) in [7, 11) is 0. The van der Waals surface area contributed by atoms with Crippen LogP contribution in [0, 0.1) is 0 Å². The topological polar surface area (TPSA) is 87.5 Å². The quantitative estimate of drug-likeness (QED) is 0.632. The Morgan fingerprint density at radius 3 is 2.65 bits per heavy atom. The van der Waals surface area contributed by atoms with E-state index < -0.39 is 5.54 Å². The number of amides is 3. The fourth-order valence-electron chi connectivity index (χ4n) is 1.70. The molecule has 0 radical (unpaired) electrons. The van der Waals surface area contributed by atoms with Gasteiger partial charge in [0.15, 0.2) is 0 Å². The third kappa shape index (κ3) is 3.89. The largest absolute Gasteiger partial charge is 0.350 e. The molecular formula is C11H22N4O2. The molecule has 3 amide bonds. The predicted molar refractivity (Wildman–Crippen MR) is 65.5 cm³/mol. The van der Waals surface area contributed by atoms with Gasteiger partial charge in [0.25, 0.3) is 0 Å². The second-order valence-electron chi connectivity index (χ2n) is 4.96. The monoisotopic (exact) mass is 242 g/mol. The van der Waals surface area contributed by atoms with Crippen molar-refractivity contribution in [1.29, 1.82) is 0 Å². The molecule has 98 valence electrons. The number of rotatable bonds is 3. The number of likely N-dealkylation sites (tertiary alicyclic amines) is 1. The number of nitrogens with two attached hydrogens (primary N) is 1. The van der Waals surface area contributed by atoms with Crippen LogP contribution < -0.4 is 16.4 Å². The molecule has 17 heavy (non-hydrogen) atoms. The molecule has 0 saturated carbocycles. The molecule has 0 aromatic rings. The molecule has 0 aromatic heterocycles. The van der Waals surface area contributed by atoms with E-state index in [0.717, 1.165) is 6.42 Å². The molecule has 1 unspecified atom stereocenters. The number of carbonyl (C=O) groups excluding carboxylic acids is 2. The van der Waals surface area contributed by atoms with Crippen LogP contribution in [0.4, 0.5) is 4.79 Å². The number of urea groups is 1. The lowest BCUT2D eigenvalue weighted by Crippen LogP contribution is -2.53. The van der Waals surface area contributed by atoms with E-state index in [-0.39, 0.29) is 18.0 Å². The van der Waals surface area contributed by atoms with Crippen molar-refractivity contribution in [2.24, 2.45) is 5.73 Å². The lowest BCUT2D eigenvalue weighted by atomic mass is 10.1. The van der Waals surface area contributed by atoms with Gasteiger partial charge in [0.1, 0.15) is 0 Å². The van der Waals surface area contributed by atoms with Gasteiger partial charge in [0.05, 0.1) is 5.54 Å². The first-order valence-electron chi connectivity index (χ1n) is 5.97. The van der Waals surface area contributed by atoms with Crippen LogP contribution in [0.2, 0.25) is 0 Å². The molecule has 1 saturated heterocycles. The molecule has 1 aliphatic rings. The first-order valence-corrected chi connectivity index (χ1v) is 5.97. The number of hydrogen-bond donors (Lipinski definition) is 3. The highest BCUT2D eigenvalue weighted by molar-refractivity contribution is 5.85. The molecule has 1 atom stereocenters. The standard InChI is InChI=1S/C11H22N4O2/c1-4-13-10(17)15-6-5-8(7-15)14-9(16)11(2,3)12/h8H,4-7,12H2,1-3H3,(H,13,17)(H,14,16). The summed E-state index contributed by atoms with van der Waals surface area (Å²) in [5.74, 6) is -0.180. The Bertz CT molecular complexity index is 298. The Balaban J connectivity index is 2.41. The molecule has 1 rings (SSSR count). The molecule has 1 fully saturated rings. The van der Waals surface area contributed by atoms with Crippen LogP contribution >= 0.6 is 0 Å². The third-order valence-electron chi connectivity index (χ3n) is 2.72. The maximum Gasteiger partial charge on any atom is 0.317 e. The normalized spacial score (nSPS) is 20.2. The van der Waals surface area contributed by atoms with Gasteiger partial charge in [-0.15, -0.1) is 0 Å². The zero-order valence-corrected chi connectivity index (χ0v) is 10.7. The first kappa shape index (κ1) is 13.8. The average Bonchev–Trinajstić information content (AvgIpc) is 2.65. The summed E-state index contributed by atoms with van der Waals surface area (Å²) < 4.78 is 0. The van der Waals surface area contributed by atoms with Gasteiger partial charge in [-0.25, -0.2) is 4.79 Å². The van der Waals surface area contributed by atoms with Gasteiger partial charge < -0.3 is 21.3 Å². The highest BCUT2D eigenvalue weighted by Gasteiger charge is 2.30. The van der Waals surface area contributed by atoms with E-state index >= 15 is 0 Å². The zero-order chi connectivity index (χ0) is 13.1. The Hall–Kier alpha value is -1.30. The Labute approximate surface area is 102 Å². The molecule has 0 aromatic carbocycles. The fourth-order valence-corrected chi connectivity index (χ4v) is 1.70. The summed E-state index contributed by atoms with van der Waals surface area (Å²) >= 11 is 0. The van der Waals surface area contributed by atoms with Crippen LogP contribution in [0.15, 0.2) is 0 Å². The number of carbonyl (C=O) groups is 2.